The molecule has 36 heavy (non-hydrogen) atoms. The van der Waals surface area contributed by atoms with Gasteiger partial charge in [0.1, 0.15) is 23.2 Å². The minimum absolute atomic E-state index is 0.0803. The number of nitrogens with zero attached hydrogens (tertiary/aromatic N) is 2. The van der Waals surface area contributed by atoms with Crippen LogP contribution in [0.5, 0.6) is 11.5 Å². The van der Waals surface area contributed by atoms with Crippen LogP contribution in [-0.4, -0.2) is 50.2 Å². The van der Waals surface area contributed by atoms with Crippen LogP contribution < -0.4 is 19.8 Å². The van der Waals surface area contributed by atoms with E-state index in [1.165, 1.54) is 37.7 Å². The minimum atomic E-state index is -0.607. The summed E-state index contributed by atoms with van der Waals surface area (Å²) < 4.78 is 10.9. The van der Waals surface area contributed by atoms with Gasteiger partial charge in [0, 0.05) is 18.7 Å². The third kappa shape index (κ3) is 5.77. The van der Waals surface area contributed by atoms with Gasteiger partial charge in [0.25, 0.3) is 11.8 Å². The van der Waals surface area contributed by atoms with Crippen LogP contribution in [0.4, 0.5) is 5.69 Å². The number of hydrogen-bond acceptors (Lipinski definition) is 5. The van der Waals surface area contributed by atoms with Gasteiger partial charge >= 0.3 is 0 Å². The van der Waals surface area contributed by atoms with Crippen LogP contribution in [0.25, 0.3) is 0 Å². The number of amides is 2. The van der Waals surface area contributed by atoms with Gasteiger partial charge in [0.2, 0.25) is 0 Å². The van der Waals surface area contributed by atoms with E-state index in [1.54, 1.807) is 43.5 Å². The fraction of sp³-hybridized carbons (Fsp3) is 0.517. The molecule has 7 nitrogen and oxygen atoms in total. The Balaban J connectivity index is 1.56. The van der Waals surface area contributed by atoms with Gasteiger partial charge in [-0.1, -0.05) is 50.3 Å². The van der Waals surface area contributed by atoms with Crippen molar-refractivity contribution in [3.63, 3.8) is 0 Å². The highest BCUT2D eigenvalue weighted by atomic mass is 16.5. The number of benzene rings is 2. The van der Waals surface area contributed by atoms with Crippen LogP contribution in [0.2, 0.25) is 0 Å². The lowest BCUT2D eigenvalue weighted by Crippen LogP contribution is -2.54. The summed E-state index contributed by atoms with van der Waals surface area (Å²) >= 11 is 0. The molecule has 194 valence electrons. The highest BCUT2D eigenvalue weighted by Gasteiger charge is 2.34. The predicted molar refractivity (Wildman–Crippen MR) is 141 cm³/mol. The molecule has 2 amide bonds. The van der Waals surface area contributed by atoms with E-state index in [9.17, 15) is 9.59 Å². The number of carbonyl (C=O) groups is 2. The zero-order valence-corrected chi connectivity index (χ0v) is 21.8. The smallest absolute Gasteiger partial charge is 0.263 e. The topological polar surface area (TPSA) is 71.1 Å². The van der Waals surface area contributed by atoms with Crippen molar-refractivity contribution in [1.29, 1.82) is 0 Å². The van der Waals surface area contributed by atoms with Gasteiger partial charge in [-0.2, -0.15) is 0 Å². The van der Waals surface area contributed by atoms with Gasteiger partial charge in [-0.05, 0) is 61.9 Å². The number of anilines is 1. The fourth-order valence-corrected chi connectivity index (χ4v) is 5.57. The van der Waals surface area contributed by atoms with Gasteiger partial charge in [0.05, 0.1) is 14.2 Å². The first-order valence-electron chi connectivity index (χ1n) is 13.2. The molecule has 4 rings (SSSR count). The van der Waals surface area contributed by atoms with E-state index in [0.29, 0.717) is 36.7 Å². The SMILES string of the molecule is CCN(C(=O)C(CCC1CCCCC1)NC(=O)c1cccc(OC)c1)N1CCc2cccc(OC)c21. The minimum Gasteiger partial charge on any atom is -0.497 e. The molecule has 0 spiro atoms. The number of rotatable bonds is 10. The van der Waals surface area contributed by atoms with Crippen molar-refractivity contribution in [2.24, 2.45) is 5.92 Å². The maximum absolute atomic E-state index is 14.0. The second kappa shape index (κ2) is 12.2. The molecule has 2 aliphatic rings. The van der Waals surface area contributed by atoms with Gasteiger partial charge < -0.3 is 14.8 Å². The Kier molecular flexibility index (Phi) is 8.73. The molecular weight excluding hydrogens is 454 g/mol. The molecular formula is C29H39N3O4. The molecule has 1 unspecified atom stereocenters. The summed E-state index contributed by atoms with van der Waals surface area (Å²) in [4.78, 5) is 27.3. The Morgan fingerprint density at radius 2 is 1.86 bits per heavy atom. The van der Waals surface area contributed by atoms with E-state index in [-0.39, 0.29) is 11.8 Å². The normalized spacial score (nSPS) is 16.2. The van der Waals surface area contributed by atoms with Gasteiger partial charge in [-0.15, -0.1) is 0 Å². The molecule has 1 saturated carbocycles. The first-order chi connectivity index (χ1) is 17.5. The second-order valence-corrected chi connectivity index (χ2v) is 9.73. The first kappa shape index (κ1) is 25.9. The fourth-order valence-electron chi connectivity index (χ4n) is 5.57. The number of para-hydroxylation sites is 1. The predicted octanol–water partition coefficient (Wildman–Crippen LogP) is 4.99. The number of hydrogen-bond donors (Lipinski definition) is 1. The number of carbonyl (C=O) groups excluding carboxylic acids is 2. The Morgan fingerprint density at radius 3 is 2.58 bits per heavy atom. The molecule has 0 aromatic heterocycles. The van der Waals surface area contributed by atoms with Gasteiger partial charge in [0.15, 0.2) is 0 Å². The summed E-state index contributed by atoms with van der Waals surface area (Å²) in [6.45, 7) is 3.19. The highest BCUT2D eigenvalue weighted by molar-refractivity contribution is 5.98. The number of nitrogens with one attached hydrogen (secondary N) is 1. The van der Waals surface area contributed by atoms with E-state index in [4.69, 9.17) is 9.47 Å². The van der Waals surface area contributed by atoms with Crippen LogP contribution in [0.15, 0.2) is 42.5 Å². The van der Waals surface area contributed by atoms with Crippen LogP contribution in [0.3, 0.4) is 0 Å². The number of likely N-dealkylation sites (N-methyl/N-ethyl adjacent to an activating group) is 1. The number of ether oxygens (including phenoxy) is 2. The van der Waals surface area contributed by atoms with Crippen molar-refractivity contribution in [3.8, 4) is 11.5 Å². The Labute approximate surface area is 214 Å². The van der Waals surface area contributed by atoms with Crippen molar-refractivity contribution in [3.05, 3.63) is 53.6 Å². The summed E-state index contributed by atoms with van der Waals surface area (Å²) in [5.41, 5.74) is 2.60. The lowest BCUT2D eigenvalue weighted by Gasteiger charge is -2.36. The van der Waals surface area contributed by atoms with Crippen molar-refractivity contribution in [1.82, 2.24) is 10.3 Å². The van der Waals surface area contributed by atoms with Crippen LogP contribution in [0, 0.1) is 5.92 Å². The second-order valence-electron chi connectivity index (χ2n) is 9.73. The Hall–Kier alpha value is -3.22. The van der Waals surface area contributed by atoms with E-state index >= 15 is 0 Å². The third-order valence-corrected chi connectivity index (χ3v) is 7.52. The summed E-state index contributed by atoms with van der Waals surface area (Å²) in [7, 11) is 3.24. The zero-order valence-electron chi connectivity index (χ0n) is 21.8. The summed E-state index contributed by atoms with van der Waals surface area (Å²) in [5.74, 6) is 1.65. The number of fused-ring (bicyclic) bond motifs is 1. The summed E-state index contributed by atoms with van der Waals surface area (Å²) in [6, 6.07) is 12.4. The quantitative estimate of drug-likeness (QED) is 0.505. The lowest BCUT2D eigenvalue weighted by atomic mass is 9.85. The molecule has 1 atom stereocenters. The molecule has 0 radical (unpaired) electrons. The van der Waals surface area contributed by atoms with E-state index in [2.05, 4.69) is 11.4 Å². The van der Waals surface area contributed by atoms with Gasteiger partial charge in [-0.3, -0.25) is 19.6 Å². The Bertz CT molecular complexity index is 1050. The Morgan fingerprint density at radius 1 is 1.08 bits per heavy atom. The first-order valence-corrected chi connectivity index (χ1v) is 13.2. The van der Waals surface area contributed by atoms with Crippen LogP contribution in [0.1, 0.15) is 67.8 Å². The molecule has 1 aliphatic carbocycles. The van der Waals surface area contributed by atoms with Crippen molar-refractivity contribution >= 4 is 17.5 Å². The van der Waals surface area contributed by atoms with E-state index < -0.39 is 6.04 Å². The average Bonchev–Trinajstić information content (AvgIpc) is 3.36. The van der Waals surface area contributed by atoms with E-state index in [0.717, 1.165) is 24.3 Å². The van der Waals surface area contributed by atoms with Gasteiger partial charge in [-0.25, -0.2) is 0 Å². The maximum atomic E-state index is 14.0. The average molecular weight is 494 g/mol. The van der Waals surface area contributed by atoms with Crippen molar-refractivity contribution in [2.45, 2.75) is 64.3 Å². The molecule has 1 heterocycles. The maximum Gasteiger partial charge on any atom is 0.263 e. The van der Waals surface area contributed by atoms with Crippen LogP contribution >= 0.6 is 0 Å². The highest BCUT2D eigenvalue weighted by Crippen LogP contribution is 2.38. The largest absolute Gasteiger partial charge is 0.497 e. The molecule has 1 aliphatic heterocycles. The molecule has 1 N–H and O–H groups in total. The standard InChI is InChI=1S/C29H39N3O4/c1-4-31(32-19-18-22-12-9-15-26(36-3)27(22)32)29(34)25(17-16-21-10-6-5-7-11-21)30-28(33)23-13-8-14-24(20-23)35-2/h8-9,12-15,20-21,25H,4-7,10-11,16-19H2,1-3H3,(H,30,33). The molecule has 0 bridgehead atoms. The third-order valence-electron chi connectivity index (χ3n) is 7.52. The summed E-state index contributed by atoms with van der Waals surface area (Å²) in [6.07, 6.45) is 8.63. The molecule has 1 fully saturated rings. The molecule has 0 saturated heterocycles. The molecule has 7 heteroatoms. The number of hydrazine groups is 1. The van der Waals surface area contributed by atoms with Crippen molar-refractivity contribution < 1.29 is 19.1 Å². The zero-order chi connectivity index (χ0) is 25.5. The monoisotopic (exact) mass is 493 g/mol. The van der Waals surface area contributed by atoms with Crippen LogP contribution in [-0.2, 0) is 11.2 Å². The van der Waals surface area contributed by atoms with E-state index in [1.807, 2.05) is 24.1 Å². The molecule has 2 aromatic carbocycles. The lowest BCUT2D eigenvalue weighted by molar-refractivity contribution is -0.134. The summed E-state index contributed by atoms with van der Waals surface area (Å²) in [5, 5.41) is 6.88. The number of methoxy groups -OCH3 is 2. The molecule has 2 aromatic rings. The van der Waals surface area contributed by atoms with Crippen molar-refractivity contribution in [2.75, 3.05) is 32.3 Å².